The fourth-order valence-corrected chi connectivity index (χ4v) is 4.36. The minimum atomic E-state index is -3.60. The number of pyridine rings is 1. The van der Waals surface area contributed by atoms with Crippen molar-refractivity contribution < 1.29 is 18.1 Å². The van der Waals surface area contributed by atoms with E-state index < -0.39 is 14.9 Å². The standard InChI is InChI=1S/C22H19N5O5S/c28-14-23-11-12-33(31,32)26-16-7-5-15(6-8-16)24-22-18-3-1-2-4-20(18)25-21-13-17(27(29)30)9-10-19(21)22/h1-10,13-14,26H,11-12H2,(H,23,28)(H,24,25). The van der Waals surface area contributed by atoms with Gasteiger partial charge in [-0.2, -0.15) is 0 Å². The molecule has 0 radical (unpaired) electrons. The fourth-order valence-electron chi connectivity index (χ4n) is 3.38. The van der Waals surface area contributed by atoms with E-state index in [-0.39, 0.29) is 18.0 Å². The van der Waals surface area contributed by atoms with E-state index in [4.69, 9.17) is 0 Å². The summed E-state index contributed by atoms with van der Waals surface area (Å²) in [5, 5.41) is 18.4. The summed E-state index contributed by atoms with van der Waals surface area (Å²) in [5.74, 6) is -0.243. The molecule has 0 fully saturated rings. The van der Waals surface area contributed by atoms with Gasteiger partial charge < -0.3 is 10.6 Å². The molecule has 0 saturated heterocycles. The molecule has 0 bridgehead atoms. The summed E-state index contributed by atoms with van der Waals surface area (Å²) in [5.41, 5.74) is 2.93. The van der Waals surface area contributed by atoms with Crippen LogP contribution in [0.2, 0.25) is 0 Å². The van der Waals surface area contributed by atoms with Crippen LogP contribution in [0.3, 0.4) is 0 Å². The Morgan fingerprint density at radius 3 is 2.36 bits per heavy atom. The number of anilines is 3. The summed E-state index contributed by atoms with van der Waals surface area (Å²) in [6, 6.07) is 18.6. The van der Waals surface area contributed by atoms with E-state index in [1.165, 1.54) is 12.1 Å². The van der Waals surface area contributed by atoms with E-state index in [9.17, 15) is 23.3 Å². The number of carbonyl (C=O) groups is 1. The van der Waals surface area contributed by atoms with Crippen LogP contribution in [0.25, 0.3) is 21.8 Å². The summed E-state index contributed by atoms with van der Waals surface area (Å²) in [6.07, 6.45) is 0.445. The number of non-ortho nitro benzene ring substituents is 1. The zero-order valence-electron chi connectivity index (χ0n) is 17.2. The second-order valence-corrected chi connectivity index (χ2v) is 9.00. The summed E-state index contributed by atoms with van der Waals surface area (Å²) in [6.45, 7) is 0.0127. The number of fused-ring (bicyclic) bond motifs is 2. The number of nitrogens with one attached hydrogen (secondary N) is 3. The van der Waals surface area contributed by atoms with Crippen molar-refractivity contribution in [2.45, 2.75) is 0 Å². The molecule has 0 saturated carbocycles. The van der Waals surface area contributed by atoms with E-state index in [1.54, 1.807) is 30.3 Å². The third-order valence-corrected chi connectivity index (χ3v) is 6.19. The average Bonchev–Trinajstić information content (AvgIpc) is 2.79. The van der Waals surface area contributed by atoms with Crippen molar-refractivity contribution in [2.75, 3.05) is 22.3 Å². The first kappa shape index (κ1) is 22.0. The molecule has 3 aromatic carbocycles. The predicted octanol–water partition coefficient (Wildman–Crippen LogP) is 3.53. The number of rotatable bonds is 9. The molecular weight excluding hydrogens is 446 g/mol. The number of carbonyl (C=O) groups excluding carboxylic acids is 1. The number of hydrogen-bond acceptors (Lipinski definition) is 7. The van der Waals surface area contributed by atoms with Gasteiger partial charge in [-0.25, -0.2) is 13.4 Å². The Balaban J connectivity index is 1.65. The number of aromatic nitrogens is 1. The van der Waals surface area contributed by atoms with Gasteiger partial charge in [0, 0.05) is 40.8 Å². The monoisotopic (exact) mass is 465 g/mol. The Bertz CT molecular complexity index is 1460. The Labute approximate surface area is 188 Å². The van der Waals surface area contributed by atoms with Crippen LogP contribution in [0.1, 0.15) is 0 Å². The highest BCUT2D eigenvalue weighted by Gasteiger charge is 2.14. The van der Waals surface area contributed by atoms with Gasteiger partial charge in [-0.05, 0) is 36.4 Å². The highest BCUT2D eigenvalue weighted by atomic mass is 32.2. The summed E-state index contributed by atoms with van der Waals surface area (Å²) < 4.78 is 26.6. The maximum Gasteiger partial charge on any atom is 0.271 e. The summed E-state index contributed by atoms with van der Waals surface area (Å²) in [7, 11) is -3.60. The Hall–Kier alpha value is -4.25. The van der Waals surface area contributed by atoms with Gasteiger partial charge >= 0.3 is 0 Å². The molecular formula is C22H19N5O5S. The number of nitro benzene ring substituents is 1. The zero-order valence-corrected chi connectivity index (χ0v) is 18.0. The van der Waals surface area contributed by atoms with E-state index in [2.05, 4.69) is 20.3 Å². The Morgan fingerprint density at radius 1 is 0.939 bits per heavy atom. The molecule has 11 heteroatoms. The minimum absolute atomic E-state index is 0.0127. The van der Waals surface area contributed by atoms with E-state index in [0.29, 0.717) is 34.2 Å². The van der Waals surface area contributed by atoms with Crippen LogP contribution in [0.4, 0.5) is 22.7 Å². The molecule has 0 aliphatic rings. The van der Waals surface area contributed by atoms with Crippen LogP contribution in [0.15, 0.2) is 66.7 Å². The largest absolute Gasteiger partial charge is 0.358 e. The Kier molecular flexibility index (Phi) is 6.05. The van der Waals surface area contributed by atoms with E-state index in [0.717, 1.165) is 11.1 Å². The van der Waals surface area contributed by atoms with Crippen LogP contribution in [-0.4, -0.2) is 37.0 Å². The lowest BCUT2D eigenvalue weighted by Gasteiger charge is -2.14. The molecule has 4 rings (SSSR count). The van der Waals surface area contributed by atoms with Crippen molar-refractivity contribution in [3.8, 4) is 0 Å². The number of amides is 1. The van der Waals surface area contributed by atoms with Crippen LogP contribution in [-0.2, 0) is 14.8 Å². The highest BCUT2D eigenvalue weighted by Crippen LogP contribution is 2.34. The molecule has 0 atom stereocenters. The number of para-hydroxylation sites is 1. The normalized spacial score (nSPS) is 11.3. The van der Waals surface area contributed by atoms with E-state index >= 15 is 0 Å². The molecule has 0 spiro atoms. The molecule has 0 aliphatic carbocycles. The van der Waals surface area contributed by atoms with E-state index in [1.807, 2.05) is 24.3 Å². The van der Waals surface area contributed by atoms with Gasteiger partial charge in [-0.3, -0.25) is 19.6 Å². The smallest absolute Gasteiger partial charge is 0.271 e. The molecule has 1 heterocycles. The van der Waals surface area contributed by atoms with Crippen molar-refractivity contribution in [3.05, 3.63) is 76.8 Å². The lowest BCUT2D eigenvalue weighted by molar-refractivity contribution is -0.384. The molecule has 1 amide bonds. The second-order valence-electron chi connectivity index (χ2n) is 7.16. The van der Waals surface area contributed by atoms with Gasteiger partial charge in [0.25, 0.3) is 5.69 Å². The number of sulfonamides is 1. The topological polar surface area (TPSA) is 143 Å². The molecule has 0 aliphatic heterocycles. The molecule has 0 unspecified atom stereocenters. The van der Waals surface area contributed by atoms with Crippen molar-refractivity contribution in [1.29, 1.82) is 0 Å². The van der Waals surface area contributed by atoms with Crippen molar-refractivity contribution in [3.63, 3.8) is 0 Å². The van der Waals surface area contributed by atoms with Crippen LogP contribution < -0.4 is 15.4 Å². The van der Waals surface area contributed by atoms with Crippen LogP contribution in [0.5, 0.6) is 0 Å². The first-order valence-electron chi connectivity index (χ1n) is 9.88. The van der Waals surface area contributed by atoms with Gasteiger partial charge in [-0.1, -0.05) is 18.2 Å². The first-order valence-corrected chi connectivity index (χ1v) is 11.5. The third-order valence-electron chi connectivity index (χ3n) is 4.90. The molecule has 10 nitrogen and oxygen atoms in total. The zero-order chi connectivity index (χ0) is 23.4. The van der Waals surface area contributed by atoms with Crippen molar-refractivity contribution >= 4 is 61.0 Å². The molecule has 33 heavy (non-hydrogen) atoms. The number of nitrogens with zero attached hydrogens (tertiary/aromatic N) is 2. The quantitative estimate of drug-likeness (QED) is 0.113. The molecule has 1 aromatic heterocycles. The van der Waals surface area contributed by atoms with Crippen molar-refractivity contribution in [2.24, 2.45) is 0 Å². The molecule has 3 N–H and O–H groups in total. The van der Waals surface area contributed by atoms with Gasteiger partial charge in [0.15, 0.2) is 0 Å². The van der Waals surface area contributed by atoms with Crippen LogP contribution in [0, 0.1) is 10.1 Å². The SMILES string of the molecule is O=CNCCS(=O)(=O)Nc1ccc(Nc2c3ccccc3nc3cc([N+](=O)[O-])ccc23)cc1. The average molecular weight is 465 g/mol. The van der Waals surface area contributed by atoms with Gasteiger partial charge in [0.1, 0.15) is 0 Å². The predicted molar refractivity (Wildman–Crippen MR) is 127 cm³/mol. The Morgan fingerprint density at radius 2 is 1.64 bits per heavy atom. The van der Waals surface area contributed by atoms with Crippen molar-refractivity contribution in [1.82, 2.24) is 10.3 Å². The number of hydrogen-bond donors (Lipinski definition) is 3. The number of benzene rings is 3. The van der Waals surface area contributed by atoms with Gasteiger partial charge in [-0.15, -0.1) is 0 Å². The minimum Gasteiger partial charge on any atom is -0.358 e. The van der Waals surface area contributed by atoms with Gasteiger partial charge in [0.05, 0.1) is 27.4 Å². The van der Waals surface area contributed by atoms with Crippen LogP contribution >= 0.6 is 0 Å². The number of nitro groups is 1. The lowest BCUT2D eigenvalue weighted by Crippen LogP contribution is -2.25. The first-order chi connectivity index (χ1) is 15.9. The molecule has 168 valence electrons. The fraction of sp³-hybridized carbons (Fsp3) is 0.0909. The second kappa shape index (κ2) is 9.09. The van der Waals surface area contributed by atoms with Gasteiger partial charge in [0.2, 0.25) is 16.4 Å². The maximum atomic E-state index is 12.1. The summed E-state index contributed by atoms with van der Waals surface area (Å²) in [4.78, 5) is 25.6. The molecule has 4 aromatic rings. The lowest BCUT2D eigenvalue weighted by atomic mass is 10.1. The highest BCUT2D eigenvalue weighted by molar-refractivity contribution is 7.92. The third kappa shape index (κ3) is 4.99. The maximum absolute atomic E-state index is 12.1. The summed E-state index contributed by atoms with van der Waals surface area (Å²) >= 11 is 0.